The molecule has 0 unspecified atom stereocenters. The maximum absolute atomic E-state index is 5.70. The predicted molar refractivity (Wildman–Crippen MR) is 69.8 cm³/mol. The Labute approximate surface area is 112 Å². The van der Waals surface area contributed by atoms with Crippen LogP contribution >= 0.6 is 9.69 Å². The summed E-state index contributed by atoms with van der Waals surface area (Å²) in [5.74, 6) is 0. The van der Waals surface area contributed by atoms with E-state index in [1.165, 1.54) is 0 Å². The van der Waals surface area contributed by atoms with Gasteiger partial charge in [0, 0.05) is 0 Å². The van der Waals surface area contributed by atoms with Crippen LogP contribution in [0.15, 0.2) is 66.4 Å². The Hall–Kier alpha value is -1.22. The number of benzene rings is 2. The van der Waals surface area contributed by atoms with Crippen molar-refractivity contribution in [2.75, 3.05) is 0 Å². The molecule has 2 rings (SSSR count). The maximum atomic E-state index is 5.70. The van der Waals surface area contributed by atoms with Crippen LogP contribution in [0.4, 0.5) is 0 Å². The molecule has 2 heteroatoms. The molecule has 0 saturated carbocycles. The average Bonchev–Trinajstić information content (AvgIpc) is 2.42. The molecule has 2 aromatic carbocycles. The molecule has 17 heavy (non-hydrogen) atoms. The van der Waals surface area contributed by atoms with Crippen LogP contribution in [-0.2, 0) is 15.7 Å². The van der Waals surface area contributed by atoms with Crippen molar-refractivity contribution < 1.29 is 15.7 Å². The predicted octanol–water partition coefficient (Wildman–Crippen LogP) is 3.91. The first-order valence-electron chi connectivity index (χ1n) is 5.11. The summed E-state index contributed by atoms with van der Waals surface area (Å²) < 4.78 is 2.99. The van der Waals surface area contributed by atoms with Crippen LogP contribution in [0.2, 0.25) is 0 Å². The number of hydrogen-bond donors (Lipinski definition) is 0. The van der Waals surface area contributed by atoms with Gasteiger partial charge in [-0.2, -0.15) is 0 Å². The second kappa shape index (κ2) is 6.50. The van der Waals surface area contributed by atoms with Gasteiger partial charge in [-0.15, -0.1) is 0 Å². The van der Waals surface area contributed by atoms with Crippen molar-refractivity contribution in [3.05, 3.63) is 77.5 Å². The summed E-state index contributed by atoms with van der Waals surface area (Å²) in [6.07, 6.45) is 0. The molecule has 0 aromatic heterocycles. The van der Waals surface area contributed by atoms with Gasteiger partial charge >= 0.3 is 113 Å². The van der Waals surface area contributed by atoms with Gasteiger partial charge in [-0.25, -0.2) is 0 Å². The van der Waals surface area contributed by atoms with Crippen LogP contribution in [0.25, 0.3) is 5.57 Å². The van der Waals surface area contributed by atoms with Gasteiger partial charge in [0.05, 0.1) is 0 Å². The molecule has 0 nitrogen and oxygen atoms in total. The Morgan fingerprint density at radius 3 is 1.71 bits per heavy atom. The molecule has 0 radical (unpaired) electrons. The van der Waals surface area contributed by atoms with Gasteiger partial charge in [0.15, 0.2) is 0 Å². The summed E-state index contributed by atoms with van der Waals surface area (Å²) in [6.45, 7) is 0. The summed E-state index contributed by atoms with van der Waals surface area (Å²) in [5, 5.41) is 0. The second-order valence-corrected chi connectivity index (χ2v) is 4.84. The molecule has 0 spiro atoms. The van der Waals surface area contributed by atoms with Gasteiger partial charge in [-0.1, -0.05) is 0 Å². The summed E-state index contributed by atoms with van der Waals surface area (Å²) in [7, 11) is 5.70. The number of rotatable bonds is 2. The van der Waals surface area contributed by atoms with Crippen LogP contribution < -0.4 is 0 Å². The molecule has 86 valence electrons. The van der Waals surface area contributed by atoms with E-state index in [0.717, 1.165) is 16.7 Å². The molecule has 0 aliphatic rings. The number of hydrogen-bond acceptors (Lipinski definition) is 0. The zero-order valence-corrected chi connectivity index (χ0v) is 11.4. The zero-order valence-electron chi connectivity index (χ0n) is 8.98. The summed E-state index contributed by atoms with van der Waals surface area (Å²) in [5.41, 5.74) is 6.47. The van der Waals surface area contributed by atoms with Gasteiger partial charge in [-0.3, -0.25) is 0 Å². The van der Waals surface area contributed by atoms with Crippen molar-refractivity contribution in [2.24, 2.45) is 0 Å². The van der Waals surface area contributed by atoms with E-state index in [0.29, 0.717) is 0 Å². The SMILES string of the molecule is [Cl][Rh]=[C]=C=C(c1ccccc1)c1ccccc1. The van der Waals surface area contributed by atoms with E-state index < -0.39 is 0 Å². The fourth-order valence-electron chi connectivity index (χ4n) is 1.58. The van der Waals surface area contributed by atoms with Crippen molar-refractivity contribution in [2.45, 2.75) is 0 Å². The first kappa shape index (κ1) is 12.2. The molecule has 0 atom stereocenters. The van der Waals surface area contributed by atoms with Gasteiger partial charge in [0.2, 0.25) is 0 Å². The van der Waals surface area contributed by atoms with E-state index in [9.17, 15) is 0 Å². The molecule has 0 aliphatic carbocycles. The Morgan fingerprint density at radius 1 is 0.824 bits per heavy atom. The zero-order chi connectivity index (χ0) is 11.9. The van der Waals surface area contributed by atoms with E-state index in [2.05, 4.69) is 34.3 Å². The van der Waals surface area contributed by atoms with Crippen LogP contribution in [0.5, 0.6) is 0 Å². The molecule has 0 heterocycles. The fourth-order valence-corrected chi connectivity index (χ4v) is 2.05. The minimum absolute atomic E-state index is 0.203. The number of halogens is 1. The normalized spacial score (nSPS) is 9.47. The Balaban J connectivity index is 2.60. The van der Waals surface area contributed by atoms with Crippen LogP contribution in [0, 0.1) is 0 Å². The first-order chi connectivity index (χ1) is 8.42. The van der Waals surface area contributed by atoms with Crippen molar-refractivity contribution in [1.82, 2.24) is 0 Å². The molecule has 0 aliphatic heterocycles. The van der Waals surface area contributed by atoms with E-state index in [1.807, 2.05) is 36.4 Å². The van der Waals surface area contributed by atoms with Gasteiger partial charge < -0.3 is 0 Å². The summed E-state index contributed by atoms with van der Waals surface area (Å²) >= 11 is -0.203. The Kier molecular flexibility index (Phi) is 4.68. The molecule has 2 aromatic rings. The Morgan fingerprint density at radius 2 is 1.29 bits per heavy atom. The third-order valence-corrected chi connectivity index (χ3v) is 3.06. The third kappa shape index (κ3) is 3.37. The third-order valence-electron chi connectivity index (χ3n) is 2.32. The molecule has 0 saturated heterocycles. The first-order valence-corrected chi connectivity index (χ1v) is 8.04. The van der Waals surface area contributed by atoms with Gasteiger partial charge in [-0.05, 0) is 0 Å². The van der Waals surface area contributed by atoms with Crippen LogP contribution in [0.1, 0.15) is 11.1 Å². The van der Waals surface area contributed by atoms with E-state index in [4.69, 9.17) is 9.69 Å². The minimum atomic E-state index is -0.203. The summed E-state index contributed by atoms with van der Waals surface area (Å²) in [4.78, 5) is 0. The van der Waals surface area contributed by atoms with Crippen molar-refractivity contribution in [1.29, 1.82) is 0 Å². The second-order valence-electron chi connectivity index (χ2n) is 3.38. The van der Waals surface area contributed by atoms with Crippen molar-refractivity contribution >= 4 is 19.5 Å². The topological polar surface area (TPSA) is 0 Å². The monoisotopic (exact) mass is 328 g/mol. The molecule has 0 bridgehead atoms. The van der Waals surface area contributed by atoms with E-state index >= 15 is 0 Å². The van der Waals surface area contributed by atoms with Crippen molar-refractivity contribution in [3.63, 3.8) is 0 Å². The van der Waals surface area contributed by atoms with E-state index in [1.54, 1.807) is 0 Å². The summed E-state index contributed by atoms with van der Waals surface area (Å²) in [6, 6.07) is 20.4. The van der Waals surface area contributed by atoms with E-state index in [-0.39, 0.29) is 15.7 Å². The van der Waals surface area contributed by atoms with Gasteiger partial charge in [0.1, 0.15) is 0 Å². The molecule has 0 N–H and O–H groups in total. The average molecular weight is 329 g/mol. The molecule has 0 amide bonds. The molecular weight excluding hydrogens is 319 g/mol. The van der Waals surface area contributed by atoms with Crippen LogP contribution in [-0.4, -0.2) is 4.26 Å². The quantitative estimate of drug-likeness (QED) is 0.579. The van der Waals surface area contributed by atoms with Gasteiger partial charge in [0.25, 0.3) is 0 Å². The Bertz CT molecular complexity index is 533. The molecule has 0 fully saturated rings. The van der Waals surface area contributed by atoms with Crippen LogP contribution in [0.3, 0.4) is 0 Å². The van der Waals surface area contributed by atoms with Crippen molar-refractivity contribution in [3.8, 4) is 0 Å². The molecular formula is C15H10ClRh. The fraction of sp³-hybridized carbons (Fsp3) is 0. The standard InChI is InChI=1S/C15H10.ClH.Rh/c1-2-15(13-9-5-3-6-10-13)14-11-7-4-8-12-14;;/h3-12H;1H;/q;;+1/p-1.